The molecule has 0 spiro atoms. The van der Waals surface area contributed by atoms with E-state index < -0.39 is 18.0 Å². The Morgan fingerprint density at radius 3 is 2.85 bits per heavy atom. The number of carbonyl (C=O) groups excluding carboxylic acids is 1. The third kappa shape index (κ3) is 3.37. The lowest BCUT2D eigenvalue weighted by atomic mass is 10.1. The van der Waals surface area contributed by atoms with E-state index in [1.165, 1.54) is 11.0 Å². The van der Waals surface area contributed by atoms with Crippen molar-refractivity contribution in [3.8, 4) is 5.69 Å². The molecule has 0 bridgehead atoms. The highest BCUT2D eigenvalue weighted by Crippen LogP contribution is 2.31. The van der Waals surface area contributed by atoms with Gasteiger partial charge in [0.25, 0.3) is 5.91 Å². The summed E-state index contributed by atoms with van der Waals surface area (Å²) in [4.78, 5) is 17.7. The molecule has 0 aliphatic carbocycles. The van der Waals surface area contributed by atoms with E-state index in [4.69, 9.17) is 0 Å². The number of rotatable bonds is 3. The minimum absolute atomic E-state index is 0.0416. The molecule has 1 unspecified atom stereocenters. The number of benzene rings is 1. The van der Waals surface area contributed by atoms with Crippen molar-refractivity contribution in [1.82, 2.24) is 35.2 Å². The van der Waals surface area contributed by atoms with E-state index in [1.54, 1.807) is 29.2 Å². The van der Waals surface area contributed by atoms with Gasteiger partial charge in [0.15, 0.2) is 5.82 Å². The molecule has 1 amide bonds. The number of aromatic nitrogens is 6. The fourth-order valence-electron chi connectivity index (χ4n) is 2.91. The Hall–Kier alpha value is -3.31. The van der Waals surface area contributed by atoms with Gasteiger partial charge in [-0.25, -0.2) is 4.68 Å². The number of likely N-dealkylation sites (tertiary alicyclic amines) is 1. The largest absolute Gasteiger partial charge is 0.471 e. The Morgan fingerprint density at radius 1 is 1.30 bits per heavy atom. The summed E-state index contributed by atoms with van der Waals surface area (Å²) in [6.07, 6.45) is -2.82. The highest BCUT2D eigenvalue weighted by Gasteiger charge is 2.40. The van der Waals surface area contributed by atoms with Crippen molar-refractivity contribution in [3.63, 3.8) is 0 Å². The Kier molecular flexibility index (Phi) is 4.09. The van der Waals surface area contributed by atoms with Crippen molar-refractivity contribution < 1.29 is 22.5 Å². The first-order valence-corrected chi connectivity index (χ1v) is 7.95. The topological polar surface area (TPSA) is 103 Å². The number of tetrazole rings is 1. The fourth-order valence-corrected chi connectivity index (χ4v) is 2.91. The molecule has 0 saturated carbocycles. The van der Waals surface area contributed by atoms with E-state index in [9.17, 15) is 18.0 Å². The molecule has 1 aliphatic rings. The van der Waals surface area contributed by atoms with Crippen LogP contribution in [0.4, 0.5) is 13.2 Å². The quantitative estimate of drug-likeness (QED) is 0.682. The van der Waals surface area contributed by atoms with Gasteiger partial charge in [-0.3, -0.25) is 4.79 Å². The summed E-state index contributed by atoms with van der Waals surface area (Å²) in [7, 11) is 0. The zero-order valence-electron chi connectivity index (χ0n) is 13.7. The molecule has 4 rings (SSSR count). The number of amides is 1. The number of hydrogen-bond donors (Lipinski definition) is 0. The van der Waals surface area contributed by atoms with Crippen LogP contribution in [0.3, 0.4) is 0 Å². The number of nitrogens with zero attached hydrogens (tertiary/aromatic N) is 7. The molecule has 2 aromatic heterocycles. The van der Waals surface area contributed by atoms with Gasteiger partial charge in [0.2, 0.25) is 0 Å². The number of halogens is 3. The van der Waals surface area contributed by atoms with Crippen LogP contribution in [0, 0.1) is 0 Å². The normalized spacial score (nSPS) is 17.4. The van der Waals surface area contributed by atoms with E-state index in [0.29, 0.717) is 24.2 Å². The third-order valence-corrected chi connectivity index (χ3v) is 4.23. The molecule has 1 aromatic carbocycles. The number of alkyl halides is 3. The second-order valence-corrected chi connectivity index (χ2v) is 6.00. The van der Waals surface area contributed by atoms with Gasteiger partial charge in [-0.15, -0.1) is 5.10 Å². The van der Waals surface area contributed by atoms with E-state index >= 15 is 0 Å². The summed E-state index contributed by atoms with van der Waals surface area (Å²) in [6, 6.07) is 6.74. The molecule has 3 aromatic rings. The summed E-state index contributed by atoms with van der Waals surface area (Å²) < 4.78 is 43.5. The molecule has 1 aliphatic heterocycles. The summed E-state index contributed by atoms with van der Waals surface area (Å²) in [5, 5.41) is 14.3. The van der Waals surface area contributed by atoms with E-state index in [-0.39, 0.29) is 18.3 Å². The second kappa shape index (κ2) is 6.45. The zero-order chi connectivity index (χ0) is 19.0. The highest BCUT2D eigenvalue weighted by atomic mass is 19.4. The molecule has 3 heterocycles. The van der Waals surface area contributed by atoms with E-state index in [2.05, 4.69) is 30.2 Å². The van der Waals surface area contributed by atoms with Crippen molar-refractivity contribution in [2.24, 2.45) is 0 Å². The first kappa shape index (κ1) is 17.1. The molecule has 140 valence electrons. The molecule has 0 N–H and O–H groups in total. The smallest absolute Gasteiger partial charge is 0.338 e. The standard InChI is InChI=1S/C15H12F3N7O2/c16-15(17,18)14-20-12(21-27-14)10-4-5-24(7-10)13(26)9-2-1-3-11(6-9)25-8-19-22-23-25/h1-3,6,8,10H,4-5,7H2. The zero-order valence-corrected chi connectivity index (χ0v) is 13.7. The monoisotopic (exact) mass is 379 g/mol. The van der Waals surface area contributed by atoms with Crippen LogP contribution >= 0.6 is 0 Å². The van der Waals surface area contributed by atoms with Gasteiger partial charge < -0.3 is 9.42 Å². The molecule has 1 atom stereocenters. The molecular weight excluding hydrogens is 367 g/mol. The van der Waals surface area contributed by atoms with Gasteiger partial charge in [-0.2, -0.15) is 18.2 Å². The van der Waals surface area contributed by atoms with Gasteiger partial charge in [0.05, 0.1) is 5.69 Å². The molecule has 1 saturated heterocycles. The average Bonchev–Trinajstić information content (AvgIpc) is 3.41. The molecule has 12 heteroatoms. The van der Waals surface area contributed by atoms with Crippen molar-refractivity contribution in [1.29, 1.82) is 0 Å². The lowest BCUT2D eigenvalue weighted by molar-refractivity contribution is -0.159. The van der Waals surface area contributed by atoms with Gasteiger partial charge in [-0.05, 0) is 35.0 Å². The number of carbonyl (C=O) groups is 1. The highest BCUT2D eigenvalue weighted by molar-refractivity contribution is 5.95. The summed E-state index contributed by atoms with van der Waals surface area (Å²) in [5.41, 5.74) is 1.04. The van der Waals surface area contributed by atoms with Crippen LogP contribution in [0.25, 0.3) is 5.69 Å². The van der Waals surface area contributed by atoms with Crippen LogP contribution in [0.5, 0.6) is 0 Å². The average molecular weight is 379 g/mol. The lowest BCUT2D eigenvalue weighted by Gasteiger charge is -2.16. The molecule has 0 radical (unpaired) electrons. The van der Waals surface area contributed by atoms with Crippen LogP contribution in [-0.2, 0) is 6.18 Å². The fraction of sp³-hybridized carbons (Fsp3) is 0.333. The summed E-state index contributed by atoms with van der Waals surface area (Å²) >= 11 is 0. The van der Waals surface area contributed by atoms with Crippen LogP contribution in [0.1, 0.15) is 34.4 Å². The first-order valence-electron chi connectivity index (χ1n) is 7.95. The van der Waals surface area contributed by atoms with Gasteiger partial charge in [-0.1, -0.05) is 11.2 Å². The van der Waals surface area contributed by atoms with Gasteiger partial charge in [0.1, 0.15) is 6.33 Å². The van der Waals surface area contributed by atoms with Crippen LogP contribution in [-0.4, -0.2) is 54.2 Å². The van der Waals surface area contributed by atoms with Crippen molar-refractivity contribution in [2.75, 3.05) is 13.1 Å². The first-order chi connectivity index (χ1) is 12.9. The van der Waals surface area contributed by atoms with E-state index in [0.717, 1.165) is 0 Å². The number of hydrogen-bond acceptors (Lipinski definition) is 7. The lowest BCUT2D eigenvalue weighted by Crippen LogP contribution is -2.28. The van der Waals surface area contributed by atoms with E-state index in [1.807, 2.05) is 0 Å². The minimum atomic E-state index is -4.68. The predicted octanol–water partition coefficient (Wildman–Crippen LogP) is 1.69. The van der Waals surface area contributed by atoms with Gasteiger partial charge in [0, 0.05) is 24.6 Å². The Labute approximate surface area is 149 Å². The molecule has 27 heavy (non-hydrogen) atoms. The van der Waals surface area contributed by atoms with Crippen LogP contribution in [0.15, 0.2) is 35.1 Å². The van der Waals surface area contributed by atoms with Gasteiger partial charge >= 0.3 is 12.1 Å². The molecular formula is C15H12F3N7O2. The summed E-state index contributed by atoms with van der Waals surface area (Å²) in [6.45, 7) is 0.597. The Morgan fingerprint density at radius 2 is 2.15 bits per heavy atom. The maximum Gasteiger partial charge on any atom is 0.471 e. The third-order valence-electron chi connectivity index (χ3n) is 4.23. The van der Waals surface area contributed by atoms with Crippen LogP contribution < -0.4 is 0 Å². The second-order valence-electron chi connectivity index (χ2n) is 6.00. The molecule has 1 fully saturated rings. The van der Waals surface area contributed by atoms with Crippen LogP contribution in [0.2, 0.25) is 0 Å². The Balaban J connectivity index is 1.48. The maximum absolute atomic E-state index is 12.7. The minimum Gasteiger partial charge on any atom is -0.338 e. The maximum atomic E-state index is 12.7. The predicted molar refractivity (Wildman–Crippen MR) is 81.7 cm³/mol. The van der Waals surface area contributed by atoms with Crippen molar-refractivity contribution >= 4 is 5.91 Å². The SMILES string of the molecule is O=C(c1cccc(-n2cnnn2)c1)N1CCC(c2noc(C(F)(F)F)n2)C1. The summed E-state index contributed by atoms with van der Waals surface area (Å²) in [5.74, 6) is -2.07. The Bertz CT molecular complexity index is 954. The van der Waals surface area contributed by atoms with Crippen molar-refractivity contribution in [2.45, 2.75) is 18.5 Å². The molecule has 9 nitrogen and oxygen atoms in total. The van der Waals surface area contributed by atoms with Crippen molar-refractivity contribution in [3.05, 3.63) is 47.9 Å².